The number of nitrogens with two attached hydrogens (primary N) is 2. The quantitative estimate of drug-likeness (QED) is 0.0429. The lowest BCUT2D eigenvalue weighted by atomic mass is 10.0. The molecule has 6 heteroatoms. The van der Waals surface area contributed by atoms with Gasteiger partial charge in [-0.3, -0.25) is 0 Å². The molecule has 256 valence electrons. The standard InChI is InChI=1S/2C18H39NO2/c2*1-2-3-4-5-6-7-8-9-10-11-12-13-14-15-18(21)17(19)16-20/h2*17-18,20-21H,2-16,19H2,1H3/t2*17-,18+/m00/s1. The third kappa shape index (κ3) is 34.3. The zero-order chi connectivity index (χ0) is 31.5. The molecular weight excluding hydrogens is 524 g/mol. The van der Waals surface area contributed by atoms with Crippen molar-refractivity contribution in [3.8, 4) is 0 Å². The van der Waals surface area contributed by atoms with Gasteiger partial charge in [0.15, 0.2) is 0 Å². The first-order valence-corrected chi connectivity index (χ1v) is 18.5. The molecule has 0 aliphatic heterocycles. The highest BCUT2D eigenvalue weighted by Gasteiger charge is 2.13. The molecule has 42 heavy (non-hydrogen) atoms. The first kappa shape index (κ1) is 43.9. The normalized spacial score (nSPS) is 14.3. The van der Waals surface area contributed by atoms with E-state index in [9.17, 15) is 10.2 Å². The second-order valence-electron chi connectivity index (χ2n) is 12.9. The Labute approximate surface area is 262 Å². The predicted molar refractivity (Wildman–Crippen MR) is 183 cm³/mol. The van der Waals surface area contributed by atoms with Gasteiger partial charge in [-0.05, 0) is 12.8 Å². The van der Waals surface area contributed by atoms with Gasteiger partial charge >= 0.3 is 0 Å². The Morgan fingerprint density at radius 2 is 0.548 bits per heavy atom. The summed E-state index contributed by atoms with van der Waals surface area (Å²) in [5.74, 6) is 0. The van der Waals surface area contributed by atoms with Gasteiger partial charge in [0.1, 0.15) is 0 Å². The number of hydrogen-bond donors (Lipinski definition) is 6. The van der Waals surface area contributed by atoms with Crippen LogP contribution in [-0.2, 0) is 0 Å². The van der Waals surface area contributed by atoms with Gasteiger partial charge in [0.05, 0.1) is 37.5 Å². The second-order valence-corrected chi connectivity index (χ2v) is 12.9. The molecule has 0 bridgehead atoms. The fourth-order valence-electron chi connectivity index (χ4n) is 5.41. The monoisotopic (exact) mass is 603 g/mol. The molecule has 0 aromatic carbocycles. The molecule has 4 atom stereocenters. The Kier molecular flexibility index (Phi) is 38.6. The minimum atomic E-state index is -0.539. The van der Waals surface area contributed by atoms with Crippen molar-refractivity contribution in [3.05, 3.63) is 0 Å². The van der Waals surface area contributed by atoms with E-state index in [0.29, 0.717) is 0 Å². The van der Waals surface area contributed by atoms with Crippen molar-refractivity contribution in [2.24, 2.45) is 11.5 Å². The summed E-state index contributed by atoms with van der Waals surface area (Å²) in [6, 6.07) is -0.940. The molecule has 0 aliphatic carbocycles. The van der Waals surface area contributed by atoms with Crippen LogP contribution in [0.25, 0.3) is 0 Å². The highest BCUT2D eigenvalue weighted by atomic mass is 16.3. The molecule has 0 aromatic heterocycles. The topological polar surface area (TPSA) is 133 Å². The van der Waals surface area contributed by atoms with Crippen molar-refractivity contribution in [1.82, 2.24) is 0 Å². The van der Waals surface area contributed by atoms with E-state index in [0.717, 1.165) is 25.7 Å². The number of unbranched alkanes of at least 4 members (excludes halogenated alkanes) is 24. The summed E-state index contributed by atoms with van der Waals surface area (Å²) in [5, 5.41) is 36.9. The molecule has 6 nitrogen and oxygen atoms in total. The first-order valence-electron chi connectivity index (χ1n) is 18.5. The van der Waals surface area contributed by atoms with Gasteiger partial charge in [0, 0.05) is 0 Å². The molecule has 0 saturated heterocycles. The first-order chi connectivity index (χ1) is 20.4. The molecular formula is C36H78N2O4. The van der Waals surface area contributed by atoms with Gasteiger partial charge in [0.2, 0.25) is 0 Å². The fourth-order valence-corrected chi connectivity index (χ4v) is 5.41. The van der Waals surface area contributed by atoms with E-state index in [1.807, 2.05) is 0 Å². The molecule has 0 spiro atoms. The van der Waals surface area contributed by atoms with Crippen molar-refractivity contribution in [2.75, 3.05) is 13.2 Å². The molecule has 0 rings (SSSR count). The van der Waals surface area contributed by atoms with Crippen molar-refractivity contribution in [1.29, 1.82) is 0 Å². The zero-order valence-electron chi connectivity index (χ0n) is 28.5. The smallest absolute Gasteiger partial charge is 0.0713 e. The second kappa shape index (κ2) is 36.9. The summed E-state index contributed by atoms with van der Waals surface area (Å²) in [6.45, 7) is 4.28. The average Bonchev–Trinajstić information content (AvgIpc) is 3.00. The van der Waals surface area contributed by atoms with Crippen LogP contribution in [-0.4, -0.2) is 57.9 Å². The van der Waals surface area contributed by atoms with Crippen molar-refractivity contribution < 1.29 is 20.4 Å². The van der Waals surface area contributed by atoms with Crippen molar-refractivity contribution >= 4 is 0 Å². The number of rotatable bonds is 32. The summed E-state index contributed by atoms with van der Waals surface area (Å²) < 4.78 is 0. The van der Waals surface area contributed by atoms with Crippen LogP contribution < -0.4 is 11.5 Å². The lowest BCUT2D eigenvalue weighted by Crippen LogP contribution is -2.37. The van der Waals surface area contributed by atoms with Crippen LogP contribution in [0, 0.1) is 0 Å². The van der Waals surface area contributed by atoms with E-state index in [4.69, 9.17) is 21.7 Å². The lowest BCUT2D eigenvalue weighted by Gasteiger charge is -2.15. The minimum Gasteiger partial charge on any atom is -0.395 e. The van der Waals surface area contributed by atoms with Gasteiger partial charge in [-0.15, -0.1) is 0 Å². The maximum atomic E-state index is 9.61. The summed E-state index contributed by atoms with van der Waals surface area (Å²) in [4.78, 5) is 0. The highest BCUT2D eigenvalue weighted by molar-refractivity contribution is 4.71. The molecule has 0 radical (unpaired) electrons. The molecule has 0 aliphatic rings. The summed E-state index contributed by atoms with van der Waals surface area (Å²) in [7, 11) is 0. The van der Waals surface area contributed by atoms with E-state index >= 15 is 0 Å². The van der Waals surface area contributed by atoms with Crippen LogP contribution in [0.1, 0.15) is 194 Å². The third-order valence-corrected chi connectivity index (χ3v) is 8.62. The highest BCUT2D eigenvalue weighted by Crippen LogP contribution is 2.15. The Morgan fingerprint density at radius 1 is 0.357 bits per heavy atom. The third-order valence-electron chi connectivity index (χ3n) is 8.62. The Balaban J connectivity index is 0. The summed E-state index contributed by atoms with van der Waals surface area (Å²) in [5.41, 5.74) is 11.1. The predicted octanol–water partition coefficient (Wildman–Crippen LogP) is 8.30. The van der Waals surface area contributed by atoms with E-state index < -0.39 is 24.3 Å². The van der Waals surface area contributed by atoms with E-state index in [1.165, 1.54) is 154 Å². The Bertz CT molecular complexity index is 441. The minimum absolute atomic E-state index is 0.125. The lowest BCUT2D eigenvalue weighted by molar-refractivity contribution is 0.0986. The summed E-state index contributed by atoms with van der Waals surface area (Å²) >= 11 is 0. The molecule has 8 N–H and O–H groups in total. The van der Waals surface area contributed by atoms with E-state index in [-0.39, 0.29) is 13.2 Å². The van der Waals surface area contributed by atoms with Gasteiger partial charge < -0.3 is 31.9 Å². The molecule has 0 amide bonds. The number of hydrogen-bond acceptors (Lipinski definition) is 6. The van der Waals surface area contributed by atoms with E-state index in [1.54, 1.807) is 0 Å². The van der Waals surface area contributed by atoms with Crippen molar-refractivity contribution in [2.45, 2.75) is 218 Å². The van der Waals surface area contributed by atoms with Crippen LogP contribution in [0.5, 0.6) is 0 Å². The van der Waals surface area contributed by atoms with Crippen LogP contribution >= 0.6 is 0 Å². The van der Waals surface area contributed by atoms with Crippen molar-refractivity contribution in [3.63, 3.8) is 0 Å². The average molecular weight is 603 g/mol. The van der Waals surface area contributed by atoms with Crippen LogP contribution in [0.3, 0.4) is 0 Å². The SMILES string of the molecule is CCCCCCCCCCCCCCC[C@@H](O)[C@@H](N)CO.CCCCCCCCCCCCCCC[C@@H](O)[C@@H](N)CO. The molecule has 0 aromatic rings. The molecule has 0 fully saturated rings. The zero-order valence-corrected chi connectivity index (χ0v) is 28.5. The Hall–Kier alpha value is -0.240. The van der Waals surface area contributed by atoms with Gasteiger partial charge in [0.25, 0.3) is 0 Å². The summed E-state index contributed by atoms with van der Waals surface area (Å²) in [6.07, 6.45) is 35.0. The molecule has 0 unspecified atom stereocenters. The fraction of sp³-hybridized carbons (Fsp3) is 1.00. The number of aliphatic hydroxyl groups is 4. The van der Waals surface area contributed by atoms with Crippen LogP contribution in [0.4, 0.5) is 0 Å². The molecule has 0 heterocycles. The maximum Gasteiger partial charge on any atom is 0.0713 e. The van der Waals surface area contributed by atoms with Gasteiger partial charge in [-0.25, -0.2) is 0 Å². The largest absolute Gasteiger partial charge is 0.395 e. The molecule has 0 saturated carbocycles. The number of aliphatic hydroxyl groups excluding tert-OH is 4. The van der Waals surface area contributed by atoms with Crippen LogP contribution in [0.15, 0.2) is 0 Å². The maximum absolute atomic E-state index is 9.61. The van der Waals surface area contributed by atoms with Gasteiger partial charge in [-0.2, -0.15) is 0 Å². The van der Waals surface area contributed by atoms with E-state index in [2.05, 4.69) is 13.8 Å². The van der Waals surface area contributed by atoms with Crippen LogP contribution in [0.2, 0.25) is 0 Å². The van der Waals surface area contributed by atoms with Gasteiger partial charge in [-0.1, -0.05) is 181 Å². The Morgan fingerprint density at radius 3 is 0.738 bits per heavy atom.